The van der Waals surface area contributed by atoms with Gasteiger partial charge in [0.2, 0.25) is 0 Å². The van der Waals surface area contributed by atoms with Gasteiger partial charge in [-0.2, -0.15) is 12.6 Å². The van der Waals surface area contributed by atoms with Gasteiger partial charge < -0.3 is 13.3 Å². The van der Waals surface area contributed by atoms with Crippen molar-refractivity contribution in [1.29, 1.82) is 0 Å². The van der Waals surface area contributed by atoms with E-state index in [1.807, 2.05) is 47.6 Å². The molecule has 1 rings (SSSR count). The standard InChI is InChI=1S/C18H32O3SSi/c1-14(2)19-23(20-15(3)4,21-16(5)6)18-12-8-7-10-17(18)11-9-13-22/h7-8,10,12,14-16,22H,9,11,13H2,1-6H3. The summed E-state index contributed by atoms with van der Waals surface area (Å²) in [5, 5.41) is 1.10. The normalized spacial score (nSPS) is 12.6. The Hall–Kier alpha value is -0.333. The average molecular weight is 357 g/mol. The van der Waals surface area contributed by atoms with E-state index in [2.05, 4.69) is 30.8 Å². The Morgan fingerprint density at radius 3 is 1.78 bits per heavy atom. The lowest BCUT2D eigenvalue weighted by molar-refractivity contribution is 0.0152. The Bertz CT molecular complexity index is 437. The molecule has 0 heterocycles. The van der Waals surface area contributed by atoms with E-state index in [-0.39, 0.29) is 18.3 Å². The molecule has 0 aliphatic heterocycles. The fraction of sp³-hybridized carbons (Fsp3) is 0.667. The Morgan fingerprint density at radius 2 is 1.35 bits per heavy atom. The van der Waals surface area contributed by atoms with Gasteiger partial charge >= 0.3 is 8.80 Å². The third kappa shape index (κ3) is 6.59. The van der Waals surface area contributed by atoms with Crippen LogP contribution in [0.4, 0.5) is 0 Å². The van der Waals surface area contributed by atoms with Crippen LogP contribution in [0.1, 0.15) is 53.5 Å². The highest BCUT2D eigenvalue weighted by atomic mass is 32.1. The molecule has 3 nitrogen and oxygen atoms in total. The molecule has 0 fully saturated rings. The van der Waals surface area contributed by atoms with Gasteiger partial charge in [-0.15, -0.1) is 0 Å². The van der Waals surface area contributed by atoms with Crippen molar-refractivity contribution in [3.05, 3.63) is 29.8 Å². The van der Waals surface area contributed by atoms with Crippen LogP contribution in [0.2, 0.25) is 0 Å². The first-order chi connectivity index (χ1) is 10.8. The lowest BCUT2D eigenvalue weighted by atomic mass is 10.1. The van der Waals surface area contributed by atoms with Crippen molar-refractivity contribution in [3.8, 4) is 0 Å². The fourth-order valence-electron chi connectivity index (χ4n) is 2.51. The van der Waals surface area contributed by atoms with Gasteiger partial charge in [-0.05, 0) is 65.7 Å². The number of rotatable bonds is 10. The van der Waals surface area contributed by atoms with E-state index in [4.69, 9.17) is 13.3 Å². The summed E-state index contributed by atoms with van der Waals surface area (Å²) in [4.78, 5) is 0. The first kappa shape index (κ1) is 20.7. The lowest BCUT2D eigenvalue weighted by Gasteiger charge is -2.35. The molecule has 1 aromatic carbocycles. The molecule has 23 heavy (non-hydrogen) atoms. The molecule has 0 N–H and O–H groups in total. The molecular formula is C18H32O3SSi. The molecule has 5 heteroatoms. The Balaban J connectivity index is 3.35. The zero-order valence-corrected chi connectivity index (χ0v) is 17.2. The van der Waals surface area contributed by atoms with E-state index in [1.54, 1.807) is 0 Å². The number of thiol groups is 1. The maximum Gasteiger partial charge on any atom is 0.538 e. The molecule has 0 aliphatic carbocycles. The van der Waals surface area contributed by atoms with Gasteiger partial charge in [0.25, 0.3) is 0 Å². The molecule has 0 bridgehead atoms. The second-order valence-corrected chi connectivity index (χ2v) is 9.35. The van der Waals surface area contributed by atoms with E-state index in [9.17, 15) is 0 Å². The van der Waals surface area contributed by atoms with Crippen molar-refractivity contribution in [2.75, 3.05) is 5.75 Å². The van der Waals surface area contributed by atoms with E-state index >= 15 is 0 Å². The zero-order chi connectivity index (χ0) is 17.5. The smallest absolute Gasteiger partial charge is 0.367 e. The van der Waals surface area contributed by atoms with Crippen molar-refractivity contribution in [1.82, 2.24) is 0 Å². The summed E-state index contributed by atoms with van der Waals surface area (Å²) in [6, 6.07) is 8.36. The third-order valence-electron chi connectivity index (χ3n) is 3.12. The number of aryl methyl sites for hydroxylation is 1. The van der Waals surface area contributed by atoms with Gasteiger partial charge in [0, 0.05) is 23.5 Å². The number of hydrogen-bond acceptors (Lipinski definition) is 4. The largest absolute Gasteiger partial charge is 0.538 e. The summed E-state index contributed by atoms with van der Waals surface area (Å²) in [5.74, 6) is 0.865. The molecule has 0 aromatic heterocycles. The minimum atomic E-state index is -2.98. The third-order valence-corrected chi connectivity index (χ3v) is 6.93. The van der Waals surface area contributed by atoms with Crippen LogP contribution in [-0.4, -0.2) is 32.9 Å². The summed E-state index contributed by atoms with van der Waals surface area (Å²) in [6.07, 6.45) is 2.10. The zero-order valence-electron chi connectivity index (χ0n) is 15.3. The van der Waals surface area contributed by atoms with Gasteiger partial charge in [-0.3, -0.25) is 0 Å². The Kier molecular flexibility index (Phi) is 8.86. The van der Waals surface area contributed by atoms with Crippen LogP contribution in [0.15, 0.2) is 24.3 Å². The quantitative estimate of drug-likeness (QED) is 0.508. The molecule has 0 radical (unpaired) electrons. The van der Waals surface area contributed by atoms with Gasteiger partial charge in [0.15, 0.2) is 0 Å². The Morgan fingerprint density at radius 1 is 0.870 bits per heavy atom. The molecule has 0 saturated carbocycles. The molecule has 0 amide bonds. The highest BCUT2D eigenvalue weighted by Crippen LogP contribution is 2.20. The minimum Gasteiger partial charge on any atom is -0.367 e. The fourth-order valence-corrected chi connectivity index (χ4v) is 5.98. The van der Waals surface area contributed by atoms with E-state index in [1.165, 1.54) is 5.56 Å². The summed E-state index contributed by atoms with van der Waals surface area (Å²) in [7, 11) is -2.98. The first-order valence-electron chi connectivity index (χ1n) is 8.53. The molecule has 0 saturated heterocycles. The molecule has 0 spiro atoms. The lowest BCUT2D eigenvalue weighted by Crippen LogP contribution is -2.61. The minimum absolute atomic E-state index is 0.0390. The maximum atomic E-state index is 6.34. The van der Waals surface area contributed by atoms with Crippen LogP contribution < -0.4 is 5.19 Å². The molecule has 132 valence electrons. The van der Waals surface area contributed by atoms with Crippen LogP contribution in [0, 0.1) is 0 Å². The van der Waals surface area contributed by atoms with Crippen LogP contribution in [0.5, 0.6) is 0 Å². The predicted octanol–water partition coefficient (Wildman–Crippen LogP) is 3.97. The van der Waals surface area contributed by atoms with Gasteiger partial charge in [-0.1, -0.05) is 24.3 Å². The monoisotopic (exact) mass is 356 g/mol. The van der Waals surface area contributed by atoms with Crippen LogP contribution >= 0.6 is 12.6 Å². The highest BCUT2D eigenvalue weighted by Gasteiger charge is 2.47. The molecule has 0 unspecified atom stereocenters. The number of benzene rings is 1. The van der Waals surface area contributed by atoms with Gasteiger partial charge in [0.1, 0.15) is 0 Å². The van der Waals surface area contributed by atoms with E-state index in [0.29, 0.717) is 0 Å². The molecule has 1 aromatic rings. The summed E-state index contributed by atoms with van der Waals surface area (Å²) in [6.45, 7) is 12.2. The van der Waals surface area contributed by atoms with Crippen molar-refractivity contribution in [2.24, 2.45) is 0 Å². The summed E-state index contributed by atoms with van der Waals surface area (Å²) < 4.78 is 19.0. The van der Waals surface area contributed by atoms with Gasteiger partial charge in [0.05, 0.1) is 0 Å². The predicted molar refractivity (Wildman–Crippen MR) is 103 cm³/mol. The maximum absolute atomic E-state index is 6.34. The van der Waals surface area contributed by atoms with Crippen LogP contribution in [0.3, 0.4) is 0 Å². The van der Waals surface area contributed by atoms with Crippen LogP contribution in [0.25, 0.3) is 0 Å². The van der Waals surface area contributed by atoms with E-state index < -0.39 is 8.80 Å². The second-order valence-electron chi connectivity index (χ2n) is 6.54. The summed E-state index contributed by atoms with van der Waals surface area (Å²) in [5.41, 5.74) is 1.25. The van der Waals surface area contributed by atoms with Crippen molar-refractivity contribution >= 4 is 26.6 Å². The van der Waals surface area contributed by atoms with Gasteiger partial charge in [-0.25, -0.2) is 0 Å². The topological polar surface area (TPSA) is 27.7 Å². The Labute approximate surface area is 148 Å². The molecule has 0 atom stereocenters. The van der Waals surface area contributed by atoms with Crippen molar-refractivity contribution < 1.29 is 13.3 Å². The SMILES string of the molecule is CC(C)O[Si](OC(C)C)(OC(C)C)c1ccccc1CCCS. The molecular weight excluding hydrogens is 324 g/mol. The van der Waals surface area contributed by atoms with Crippen molar-refractivity contribution in [2.45, 2.75) is 72.7 Å². The second kappa shape index (κ2) is 9.84. The highest BCUT2D eigenvalue weighted by molar-refractivity contribution is 7.80. The van der Waals surface area contributed by atoms with Crippen LogP contribution in [-0.2, 0) is 19.7 Å². The molecule has 0 aliphatic rings. The summed E-state index contributed by atoms with van der Waals surface area (Å²) >= 11 is 4.34. The first-order valence-corrected chi connectivity index (χ1v) is 10.9. The van der Waals surface area contributed by atoms with E-state index in [0.717, 1.165) is 23.8 Å². The van der Waals surface area contributed by atoms with Crippen molar-refractivity contribution in [3.63, 3.8) is 0 Å². The average Bonchev–Trinajstić information content (AvgIpc) is 2.43. The number of hydrogen-bond donors (Lipinski definition) is 1.